The number of nitrogens with zero attached hydrogens (tertiary/aromatic N) is 1. The molecule has 0 saturated heterocycles. The van der Waals surface area contributed by atoms with Crippen LogP contribution in [0.2, 0.25) is 0 Å². The van der Waals surface area contributed by atoms with Crippen molar-refractivity contribution in [2.24, 2.45) is 5.73 Å². The van der Waals surface area contributed by atoms with Crippen LogP contribution < -0.4 is 26.4 Å². The van der Waals surface area contributed by atoms with Crippen molar-refractivity contribution in [3.05, 3.63) is 48.2 Å². The molecule has 0 saturated carbocycles. The zero-order valence-electron chi connectivity index (χ0n) is 15.2. The van der Waals surface area contributed by atoms with E-state index in [-0.39, 0.29) is 12.1 Å². The van der Waals surface area contributed by atoms with Gasteiger partial charge in [-0.05, 0) is 30.7 Å². The van der Waals surface area contributed by atoms with Crippen molar-refractivity contribution < 1.29 is 19.1 Å². The van der Waals surface area contributed by atoms with Crippen molar-refractivity contribution in [1.29, 1.82) is 0 Å². The lowest BCUT2D eigenvalue weighted by atomic mass is 10.1. The minimum absolute atomic E-state index is 0.239. The van der Waals surface area contributed by atoms with Gasteiger partial charge in [0.05, 0.1) is 24.5 Å². The SMILES string of the molecule is COCCOc1ccc(NC(=O)NC(C)c2ccc(NC(N)=O)cc2)cn1. The van der Waals surface area contributed by atoms with E-state index in [9.17, 15) is 9.59 Å². The van der Waals surface area contributed by atoms with Gasteiger partial charge in [-0.2, -0.15) is 0 Å². The predicted molar refractivity (Wildman–Crippen MR) is 102 cm³/mol. The van der Waals surface area contributed by atoms with Crippen LogP contribution >= 0.6 is 0 Å². The Morgan fingerprint density at radius 1 is 1.07 bits per heavy atom. The molecule has 1 atom stereocenters. The number of carbonyl (C=O) groups excluding carboxylic acids is 2. The Kier molecular flexibility index (Phi) is 7.38. The number of hydrogen-bond acceptors (Lipinski definition) is 5. The highest BCUT2D eigenvalue weighted by Gasteiger charge is 2.10. The topological polar surface area (TPSA) is 128 Å². The molecule has 2 aromatic rings. The van der Waals surface area contributed by atoms with E-state index in [1.807, 2.05) is 6.92 Å². The molecule has 0 radical (unpaired) electrons. The minimum atomic E-state index is -0.628. The summed E-state index contributed by atoms with van der Waals surface area (Å²) in [7, 11) is 1.59. The molecule has 0 aliphatic heterocycles. The van der Waals surface area contributed by atoms with E-state index >= 15 is 0 Å². The minimum Gasteiger partial charge on any atom is -0.475 e. The number of urea groups is 2. The lowest BCUT2D eigenvalue weighted by Gasteiger charge is -2.15. The third-order valence-corrected chi connectivity index (χ3v) is 3.56. The summed E-state index contributed by atoms with van der Waals surface area (Å²) >= 11 is 0. The molecule has 1 unspecified atom stereocenters. The summed E-state index contributed by atoms with van der Waals surface area (Å²) in [5.41, 5.74) is 7.07. The maximum atomic E-state index is 12.1. The van der Waals surface area contributed by atoms with Gasteiger partial charge in [0.25, 0.3) is 0 Å². The Morgan fingerprint density at radius 2 is 1.78 bits per heavy atom. The fraction of sp³-hybridized carbons (Fsp3) is 0.278. The van der Waals surface area contributed by atoms with Crippen molar-refractivity contribution in [2.75, 3.05) is 31.0 Å². The number of nitrogens with one attached hydrogen (secondary N) is 3. The van der Waals surface area contributed by atoms with E-state index < -0.39 is 6.03 Å². The Labute approximate surface area is 157 Å². The molecule has 5 N–H and O–H groups in total. The molecule has 0 aliphatic carbocycles. The fourth-order valence-electron chi connectivity index (χ4n) is 2.21. The molecule has 4 amide bonds. The molecule has 1 aromatic heterocycles. The van der Waals surface area contributed by atoms with Crippen molar-refractivity contribution in [3.8, 4) is 5.88 Å². The van der Waals surface area contributed by atoms with E-state index in [1.165, 1.54) is 6.20 Å². The van der Waals surface area contributed by atoms with Gasteiger partial charge in [-0.25, -0.2) is 14.6 Å². The smallest absolute Gasteiger partial charge is 0.319 e. The molecule has 0 bridgehead atoms. The molecule has 0 fully saturated rings. The second-order valence-electron chi connectivity index (χ2n) is 5.66. The summed E-state index contributed by atoms with van der Waals surface area (Å²) in [5.74, 6) is 0.455. The normalized spacial score (nSPS) is 11.3. The zero-order chi connectivity index (χ0) is 19.6. The van der Waals surface area contributed by atoms with Crippen LogP contribution in [0.4, 0.5) is 21.0 Å². The van der Waals surface area contributed by atoms with Crippen LogP contribution in [0.5, 0.6) is 5.88 Å². The molecule has 144 valence electrons. The summed E-state index contributed by atoms with van der Waals surface area (Å²) in [6.45, 7) is 2.73. The third kappa shape index (κ3) is 6.83. The van der Waals surface area contributed by atoms with Crippen molar-refractivity contribution in [3.63, 3.8) is 0 Å². The first-order valence-electron chi connectivity index (χ1n) is 8.29. The standard InChI is InChI=1S/C18H23N5O4/c1-12(13-3-5-14(6-4-13)22-17(19)24)21-18(25)23-15-7-8-16(20-11-15)27-10-9-26-2/h3-8,11-12H,9-10H2,1-2H3,(H3,19,22,24)(H2,21,23,25). The lowest BCUT2D eigenvalue weighted by Crippen LogP contribution is -2.31. The highest BCUT2D eigenvalue weighted by molar-refractivity contribution is 5.89. The first-order valence-corrected chi connectivity index (χ1v) is 8.29. The van der Waals surface area contributed by atoms with Crippen molar-refractivity contribution in [1.82, 2.24) is 10.3 Å². The maximum Gasteiger partial charge on any atom is 0.319 e. The van der Waals surface area contributed by atoms with Crippen LogP contribution in [0.25, 0.3) is 0 Å². The summed E-state index contributed by atoms with van der Waals surface area (Å²) in [4.78, 5) is 27.1. The van der Waals surface area contributed by atoms with Crippen LogP contribution in [-0.2, 0) is 4.74 Å². The van der Waals surface area contributed by atoms with Crippen LogP contribution in [-0.4, -0.2) is 37.4 Å². The molecule has 1 heterocycles. The molecule has 27 heavy (non-hydrogen) atoms. The van der Waals surface area contributed by atoms with Gasteiger partial charge in [-0.3, -0.25) is 0 Å². The number of methoxy groups -OCH3 is 1. The number of hydrogen-bond donors (Lipinski definition) is 4. The zero-order valence-corrected chi connectivity index (χ0v) is 15.2. The fourth-order valence-corrected chi connectivity index (χ4v) is 2.21. The predicted octanol–water partition coefficient (Wildman–Crippen LogP) is 2.48. The quantitative estimate of drug-likeness (QED) is 0.529. The molecule has 2 rings (SSSR count). The number of aromatic nitrogens is 1. The van der Waals surface area contributed by atoms with E-state index in [4.69, 9.17) is 15.2 Å². The molecule has 9 nitrogen and oxygen atoms in total. The van der Waals surface area contributed by atoms with Crippen LogP contribution in [0.15, 0.2) is 42.6 Å². The van der Waals surface area contributed by atoms with E-state index in [2.05, 4.69) is 20.9 Å². The molecule has 0 spiro atoms. The molecular weight excluding hydrogens is 350 g/mol. The van der Waals surface area contributed by atoms with Gasteiger partial charge in [-0.1, -0.05) is 12.1 Å². The number of rotatable bonds is 8. The number of carbonyl (C=O) groups is 2. The monoisotopic (exact) mass is 373 g/mol. The number of ether oxygens (including phenoxy) is 2. The summed E-state index contributed by atoms with van der Waals surface area (Å²) in [6, 6.07) is 9.15. The van der Waals surface area contributed by atoms with Crippen molar-refractivity contribution in [2.45, 2.75) is 13.0 Å². The second-order valence-corrected chi connectivity index (χ2v) is 5.66. The van der Waals surface area contributed by atoms with E-state index in [0.717, 1.165) is 5.56 Å². The Bertz CT molecular complexity index is 749. The molecule has 1 aromatic carbocycles. The number of benzene rings is 1. The van der Waals surface area contributed by atoms with Crippen LogP contribution in [0, 0.1) is 0 Å². The lowest BCUT2D eigenvalue weighted by molar-refractivity contribution is 0.144. The number of amides is 4. The van der Waals surface area contributed by atoms with Crippen LogP contribution in [0.3, 0.4) is 0 Å². The van der Waals surface area contributed by atoms with Crippen LogP contribution in [0.1, 0.15) is 18.5 Å². The van der Waals surface area contributed by atoms with Crippen molar-refractivity contribution >= 4 is 23.4 Å². The number of anilines is 2. The van der Waals surface area contributed by atoms with Gasteiger partial charge in [-0.15, -0.1) is 0 Å². The average Bonchev–Trinajstić information content (AvgIpc) is 2.63. The van der Waals surface area contributed by atoms with Gasteiger partial charge in [0.1, 0.15) is 6.61 Å². The number of pyridine rings is 1. The third-order valence-electron chi connectivity index (χ3n) is 3.56. The van der Waals surface area contributed by atoms with Gasteiger partial charge >= 0.3 is 12.1 Å². The molecule has 9 heteroatoms. The first-order chi connectivity index (χ1) is 13.0. The number of nitrogens with two attached hydrogens (primary N) is 1. The van der Waals surface area contributed by atoms with E-state index in [0.29, 0.717) is 30.5 Å². The highest BCUT2D eigenvalue weighted by atomic mass is 16.5. The summed E-state index contributed by atoms with van der Waals surface area (Å²) < 4.78 is 10.3. The maximum absolute atomic E-state index is 12.1. The molecule has 0 aliphatic rings. The largest absolute Gasteiger partial charge is 0.475 e. The van der Waals surface area contributed by atoms with Gasteiger partial charge in [0.15, 0.2) is 0 Å². The first kappa shape index (κ1) is 20.0. The van der Waals surface area contributed by atoms with Gasteiger partial charge in [0.2, 0.25) is 5.88 Å². The van der Waals surface area contributed by atoms with Gasteiger partial charge < -0.3 is 31.2 Å². The Morgan fingerprint density at radius 3 is 2.37 bits per heavy atom. The van der Waals surface area contributed by atoms with E-state index in [1.54, 1.807) is 43.5 Å². The summed E-state index contributed by atoms with van der Waals surface area (Å²) in [5, 5.41) is 8.01. The van der Waals surface area contributed by atoms with Gasteiger partial charge in [0, 0.05) is 18.9 Å². The Balaban J connectivity index is 1.84. The molecular formula is C18H23N5O4. The highest BCUT2D eigenvalue weighted by Crippen LogP contribution is 2.17. The Hall–Kier alpha value is -3.33. The second kappa shape index (κ2) is 9.97. The number of primary amides is 1. The summed E-state index contributed by atoms with van der Waals surface area (Å²) in [6.07, 6.45) is 1.51. The average molecular weight is 373 g/mol.